The van der Waals surface area contributed by atoms with Crippen LogP contribution in [0.4, 0.5) is 0 Å². The van der Waals surface area contributed by atoms with Gasteiger partial charge < -0.3 is 4.74 Å². The van der Waals surface area contributed by atoms with Crippen molar-refractivity contribution in [2.75, 3.05) is 0 Å². The number of allylic oxidation sites excluding steroid dienone is 7. The Hall–Kier alpha value is -2.23. The standard InChI is InChI=1S/C25H30O4/c1-14-10-15(2)23-18(11-14)8-9-19-17-7-5-4-6-16(3)29-22(27)13-21(26)20(12-17)25(28)24(19)23/h4-10,15-20,23-24H,11-13H2,1-3H3/b6-4+,7-5-/t15?,16?,17-,18?,19?,20+,23?,24?/m0/s1. The zero-order valence-corrected chi connectivity index (χ0v) is 17.4. The molecule has 0 spiro atoms. The number of Topliss-reactive ketones (excluding diaryl/α,β-unsaturated/α-hetero) is 2. The van der Waals surface area contributed by atoms with E-state index in [2.05, 4.69) is 38.2 Å². The predicted molar refractivity (Wildman–Crippen MR) is 111 cm³/mol. The van der Waals surface area contributed by atoms with Gasteiger partial charge in [0.2, 0.25) is 0 Å². The largest absolute Gasteiger partial charge is 0.458 e. The lowest BCUT2D eigenvalue weighted by Gasteiger charge is -2.49. The summed E-state index contributed by atoms with van der Waals surface area (Å²) in [5.74, 6) is -0.532. The molecule has 0 aromatic carbocycles. The summed E-state index contributed by atoms with van der Waals surface area (Å²) in [5.41, 5.74) is 1.37. The molecule has 4 rings (SSSR count). The smallest absolute Gasteiger partial charge is 0.313 e. The summed E-state index contributed by atoms with van der Waals surface area (Å²) in [6.07, 6.45) is 15.4. The first-order chi connectivity index (χ1) is 13.8. The number of ketones is 2. The van der Waals surface area contributed by atoms with Gasteiger partial charge in [0.05, 0.1) is 5.92 Å². The van der Waals surface area contributed by atoms with Crippen LogP contribution in [-0.2, 0) is 19.1 Å². The van der Waals surface area contributed by atoms with Crippen molar-refractivity contribution in [1.82, 2.24) is 0 Å². The number of cyclic esters (lactones) is 1. The lowest BCUT2D eigenvalue weighted by atomic mass is 9.53. The minimum Gasteiger partial charge on any atom is -0.458 e. The van der Waals surface area contributed by atoms with Crippen molar-refractivity contribution < 1.29 is 19.1 Å². The molecule has 1 saturated carbocycles. The summed E-state index contributed by atoms with van der Waals surface area (Å²) in [6.45, 7) is 6.12. The van der Waals surface area contributed by atoms with Gasteiger partial charge in [0.25, 0.3) is 0 Å². The fourth-order valence-corrected chi connectivity index (χ4v) is 6.01. The van der Waals surface area contributed by atoms with E-state index in [-0.39, 0.29) is 41.7 Å². The number of fused-ring (bicyclic) bond motifs is 6. The second-order valence-electron chi connectivity index (χ2n) is 9.27. The summed E-state index contributed by atoms with van der Waals surface area (Å²) in [6, 6.07) is 0. The van der Waals surface area contributed by atoms with E-state index < -0.39 is 18.0 Å². The molecule has 1 fully saturated rings. The molecule has 4 aliphatic rings. The molecule has 29 heavy (non-hydrogen) atoms. The van der Waals surface area contributed by atoms with Crippen molar-refractivity contribution in [3.8, 4) is 0 Å². The maximum Gasteiger partial charge on any atom is 0.313 e. The van der Waals surface area contributed by atoms with Gasteiger partial charge in [-0.25, -0.2) is 0 Å². The number of rotatable bonds is 0. The van der Waals surface area contributed by atoms with Gasteiger partial charge in [-0.1, -0.05) is 49.0 Å². The van der Waals surface area contributed by atoms with Crippen molar-refractivity contribution in [3.05, 3.63) is 48.1 Å². The summed E-state index contributed by atoms with van der Waals surface area (Å²) in [4.78, 5) is 38.7. The summed E-state index contributed by atoms with van der Waals surface area (Å²) >= 11 is 0. The Balaban J connectivity index is 1.73. The normalized spacial score (nSPS) is 44.4. The van der Waals surface area contributed by atoms with Crippen LogP contribution in [0.3, 0.4) is 0 Å². The van der Waals surface area contributed by atoms with Gasteiger partial charge >= 0.3 is 5.97 Å². The van der Waals surface area contributed by atoms with Crippen LogP contribution in [-0.4, -0.2) is 23.6 Å². The Kier molecular flexibility index (Phi) is 5.46. The predicted octanol–water partition coefficient (Wildman–Crippen LogP) is 4.23. The van der Waals surface area contributed by atoms with E-state index in [1.54, 1.807) is 6.92 Å². The van der Waals surface area contributed by atoms with Crippen molar-refractivity contribution >= 4 is 17.5 Å². The molecule has 4 nitrogen and oxygen atoms in total. The average molecular weight is 395 g/mol. The molecule has 0 aromatic rings. The SMILES string of the molecule is CC1=CC(C)C2C(C=CC3C2C(=O)[C@@H]2C[C@@H]3/C=C\C=C\C(C)OC(=O)CC2=O)C1. The lowest BCUT2D eigenvalue weighted by Crippen LogP contribution is -2.51. The Labute approximate surface area is 172 Å². The molecule has 8 atom stereocenters. The molecule has 0 N–H and O–H groups in total. The summed E-state index contributed by atoms with van der Waals surface area (Å²) in [7, 11) is 0. The monoisotopic (exact) mass is 394 g/mol. The number of carbonyl (C=O) groups excluding carboxylic acids is 3. The molecule has 0 saturated heterocycles. The fraction of sp³-hybridized carbons (Fsp3) is 0.560. The van der Waals surface area contributed by atoms with E-state index in [0.717, 1.165) is 6.42 Å². The Morgan fingerprint density at radius 2 is 1.72 bits per heavy atom. The highest BCUT2D eigenvalue weighted by Crippen LogP contribution is 2.52. The van der Waals surface area contributed by atoms with Gasteiger partial charge in [0, 0.05) is 5.92 Å². The second-order valence-corrected chi connectivity index (χ2v) is 9.27. The molecule has 4 heteroatoms. The van der Waals surface area contributed by atoms with Crippen molar-refractivity contribution in [1.29, 1.82) is 0 Å². The maximum absolute atomic E-state index is 13.6. The minimum absolute atomic E-state index is 0.0391. The van der Waals surface area contributed by atoms with Crippen molar-refractivity contribution in [3.63, 3.8) is 0 Å². The van der Waals surface area contributed by atoms with Crippen LogP contribution >= 0.6 is 0 Å². The molecule has 0 amide bonds. The van der Waals surface area contributed by atoms with E-state index in [4.69, 9.17) is 4.74 Å². The first-order valence-corrected chi connectivity index (χ1v) is 10.8. The van der Waals surface area contributed by atoms with Crippen molar-refractivity contribution in [2.24, 2.45) is 41.4 Å². The summed E-state index contributed by atoms with van der Waals surface area (Å²) in [5, 5.41) is 0. The second kappa shape index (κ2) is 7.89. The van der Waals surface area contributed by atoms with Gasteiger partial charge in [-0.05, 0) is 62.4 Å². The summed E-state index contributed by atoms with van der Waals surface area (Å²) < 4.78 is 5.28. The number of carbonyl (C=O) groups is 3. The lowest BCUT2D eigenvalue weighted by molar-refractivity contribution is -0.151. The average Bonchev–Trinajstić information content (AvgIpc) is 2.64. The molecule has 1 heterocycles. The molecule has 3 aliphatic carbocycles. The van der Waals surface area contributed by atoms with E-state index in [1.807, 2.05) is 18.2 Å². The van der Waals surface area contributed by atoms with Gasteiger partial charge in [-0.2, -0.15) is 0 Å². The minimum atomic E-state index is -0.705. The highest BCUT2D eigenvalue weighted by atomic mass is 16.5. The highest BCUT2D eigenvalue weighted by Gasteiger charge is 2.52. The Morgan fingerprint density at radius 3 is 2.52 bits per heavy atom. The third-order valence-electron chi connectivity index (χ3n) is 7.17. The maximum atomic E-state index is 13.6. The van der Waals surface area contributed by atoms with Crippen LogP contribution in [0.1, 0.15) is 40.0 Å². The number of hydrogen-bond donors (Lipinski definition) is 0. The van der Waals surface area contributed by atoms with Gasteiger partial charge in [0.15, 0.2) is 5.78 Å². The molecule has 0 radical (unpaired) electrons. The van der Waals surface area contributed by atoms with Gasteiger partial charge in [0.1, 0.15) is 18.3 Å². The number of esters is 1. The van der Waals surface area contributed by atoms with Crippen LogP contribution in [0.15, 0.2) is 48.1 Å². The van der Waals surface area contributed by atoms with E-state index in [9.17, 15) is 14.4 Å². The molecule has 6 unspecified atom stereocenters. The Bertz CT molecular complexity index is 830. The fourth-order valence-electron chi connectivity index (χ4n) is 6.01. The first kappa shape index (κ1) is 20.1. The number of hydrogen-bond acceptors (Lipinski definition) is 4. The van der Waals surface area contributed by atoms with Crippen LogP contribution in [0.5, 0.6) is 0 Å². The third kappa shape index (κ3) is 3.82. The van der Waals surface area contributed by atoms with Crippen LogP contribution in [0, 0.1) is 41.4 Å². The zero-order chi connectivity index (χ0) is 20.7. The molecule has 2 bridgehead atoms. The van der Waals surface area contributed by atoms with E-state index in [0.29, 0.717) is 18.3 Å². The zero-order valence-electron chi connectivity index (χ0n) is 17.4. The van der Waals surface area contributed by atoms with Crippen LogP contribution in [0.25, 0.3) is 0 Å². The molecular formula is C25H30O4. The van der Waals surface area contributed by atoms with Crippen LogP contribution in [0.2, 0.25) is 0 Å². The molecular weight excluding hydrogens is 364 g/mol. The molecule has 1 aliphatic heterocycles. The highest BCUT2D eigenvalue weighted by molar-refractivity contribution is 6.09. The quantitative estimate of drug-likeness (QED) is 0.350. The third-order valence-corrected chi connectivity index (χ3v) is 7.17. The number of ether oxygens (including phenoxy) is 1. The molecule has 154 valence electrons. The van der Waals surface area contributed by atoms with Crippen LogP contribution < -0.4 is 0 Å². The topological polar surface area (TPSA) is 60.4 Å². The van der Waals surface area contributed by atoms with Crippen molar-refractivity contribution in [2.45, 2.75) is 46.1 Å². The first-order valence-electron chi connectivity index (χ1n) is 10.8. The van der Waals surface area contributed by atoms with Gasteiger partial charge in [-0.15, -0.1) is 0 Å². The Morgan fingerprint density at radius 1 is 0.966 bits per heavy atom. The van der Waals surface area contributed by atoms with E-state index in [1.165, 1.54) is 5.57 Å². The van der Waals surface area contributed by atoms with E-state index >= 15 is 0 Å². The molecule has 0 aromatic heterocycles. The van der Waals surface area contributed by atoms with Gasteiger partial charge in [-0.3, -0.25) is 14.4 Å².